The molecule has 0 aromatic heterocycles. The normalized spacial score (nSPS) is 7.20. The van der Waals surface area contributed by atoms with Crippen LogP contribution in [0.1, 0.15) is 0 Å². The van der Waals surface area contributed by atoms with Crippen molar-refractivity contribution in [2.75, 3.05) is 5.73 Å². The van der Waals surface area contributed by atoms with Gasteiger partial charge in [-0.1, -0.05) is 0 Å². The number of benzene rings is 1. The SMILES string of the molecule is Nc1ccc(O)cc1.[Na+].[OH-]. The Morgan fingerprint density at radius 2 is 1.50 bits per heavy atom. The van der Waals surface area contributed by atoms with Crippen molar-refractivity contribution in [3.63, 3.8) is 0 Å². The van der Waals surface area contributed by atoms with Crippen molar-refractivity contribution in [2.24, 2.45) is 0 Å². The van der Waals surface area contributed by atoms with E-state index in [0.29, 0.717) is 5.69 Å². The Bertz CT molecular complexity index is 155. The van der Waals surface area contributed by atoms with Crippen LogP contribution in [0.3, 0.4) is 0 Å². The van der Waals surface area contributed by atoms with Gasteiger partial charge in [0, 0.05) is 5.69 Å². The number of nitrogen functional groups attached to an aromatic ring is 1. The molecule has 0 radical (unpaired) electrons. The molecule has 0 aliphatic heterocycles. The molecule has 1 rings (SSSR count). The van der Waals surface area contributed by atoms with E-state index >= 15 is 0 Å². The zero-order valence-electron chi connectivity index (χ0n) is 5.78. The van der Waals surface area contributed by atoms with Crippen molar-refractivity contribution in [3.8, 4) is 5.75 Å². The molecule has 0 saturated heterocycles. The van der Waals surface area contributed by atoms with Gasteiger partial charge in [-0.05, 0) is 24.3 Å². The summed E-state index contributed by atoms with van der Waals surface area (Å²) in [6, 6.07) is 6.40. The molecule has 10 heavy (non-hydrogen) atoms. The zero-order valence-corrected chi connectivity index (χ0v) is 7.78. The molecular formula is C6H8NNaO2. The minimum absolute atomic E-state index is 0. The van der Waals surface area contributed by atoms with Gasteiger partial charge in [0.2, 0.25) is 0 Å². The number of phenols is 1. The molecule has 0 aliphatic rings. The van der Waals surface area contributed by atoms with Crippen molar-refractivity contribution >= 4 is 5.69 Å². The predicted molar refractivity (Wildman–Crippen MR) is 34.5 cm³/mol. The van der Waals surface area contributed by atoms with Crippen molar-refractivity contribution in [1.82, 2.24) is 0 Å². The molecule has 0 fully saturated rings. The van der Waals surface area contributed by atoms with Crippen LogP contribution in [-0.2, 0) is 0 Å². The summed E-state index contributed by atoms with van der Waals surface area (Å²) >= 11 is 0. The van der Waals surface area contributed by atoms with Gasteiger partial charge >= 0.3 is 29.6 Å². The summed E-state index contributed by atoms with van der Waals surface area (Å²) in [5.41, 5.74) is 5.98. The summed E-state index contributed by atoms with van der Waals surface area (Å²) in [7, 11) is 0. The molecule has 1 aromatic carbocycles. The third kappa shape index (κ3) is 3.74. The molecule has 4 N–H and O–H groups in total. The molecule has 0 spiro atoms. The minimum atomic E-state index is 0. The van der Waals surface area contributed by atoms with E-state index in [4.69, 9.17) is 10.8 Å². The van der Waals surface area contributed by atoms with Gasteiger partial charge < -0.3 is 16.3 Å². The fourth-order valence-corrected chi connectivity index (χ4v) is 0.474. The van der Waals surface area contributed by atoms with Crippen LogP contribution in [-0.4, -0.2) is 10.6 Å². The molecule has 0 bridgehead atoms. The van der Waals surface area contributed by atoms with Crippen LogP contribution in [0.4, 0.5) is 5.69 Å². The van der Waals surface area contributed by atoms with Crippen molar-refractivity contribution in [2.45, 2.75) is 0 Å². The molecule has 0 unspecified atom stereocenters. The third-order valence-corrected chi connectivity index (χ3v) is 0.893. The van der Waals surface area contributed by atoms with E-state index in [0.717, 1.165) is 0 Å². The van der Waals surface area contributed by atoms with Crippen LogP contribution in [0.25, 0.3) is 0 Å². The van der Waals surface area contributed by atoms with Crippen molar-refractivity contribution < 1.29 is 40.1 Å². The van der Waals surface area contributed by atoms with Gasteiger partial charge in [-0.3, -0.25) is 0 Å². The molecule has 0 saturated carbocycles. The van der Waals surface area contributed by atoms with E-state index < -0.39 is 0 Å². The summed E-state index contributed by atoms with van der Waals surface area (Å²) < 4.78 is 0. The second-order valence-corrected chi connectivity index (χ2v) is 1.59. The Labute approximate surface area is 81.5 Å². The van der Waals surface area contributed by atoms with Crippen LogP contribution < -0.4 is 35.3 Å². The Balaban J connectivity index is 0. The standard InChI is InChI=1S/C6H7NO.Na.H2O/c7-5-1-3-6(8)4-2-5;;/h1-4,8H,7H2;;1H2/q;+1;/p-1. The van der Waals surface area contributed by atoms with E-state index in [1.165, 1.54) is 0 Å². The van der Waals surface area contributed by atoms with Crippen LogP contribution >= 0.6 is 0 Å². The second kappa shape index (κ2) is 5.56. The molecule has 0 heterocycles. The summed E-state index contributed by atoms with van der Waals surface area (Å²) in [5, 5.41) is 8.70. The first-order valence-corrected chi connectivity index (χ1v) is 2.33. The van der Waals surface area contributed by atoms with Gasteiger partial charge in [0.05, 0.1) is 0 Å². The fraction of sp³-hybridized carbons (Fsp3) is 0. The van der Waals surface area contributed by atoms with Gasteiger partial charge in [0.1, 0.15) is 5.75 Å². The third-order valence-electron chi connectivity index (χ3n) is 0.893. The number of nitrogens with two attached hydrogens (primary N) is 1. The van der Waals surface area contributed by atoms with Gasteiger partial charge in [0.15, 0.2) is 0 Å². The van der Waals surface area contributed by atoms with Gasteiger partial charge in [-0.15, -0.1) is 0 Å². The first kappa shape index (κ1) is 12.5. The monoisotopic (exact) mass is 149 g/mol. The maximum atomic E-state index is 8.70. The van der Waals surface area contributed by atoms with Crippen LogP contribution in [0.2, 0.25) is 0 Å². The van der Waals surface area contributed by atoms with Gasteiger partial charge in [0.25, 0.3) is 0 Å². The Hall–Kier alpha value is -0.220. The number of aromatic hydroxyl groups is 1. The Morgan fingerprint density at radius 3 is 1.80 bits per heavy atom. The first-order valence-electron chi connectivity index (χ1n) is 2.33. The quantitative estimate of drug-likeness (QED) is 0.250. The van der Waals surface area contributed by atoms with E-state index in [-0.39, 0.29) is 40.8 Å². The van der Waals surface area contributed by atoms with Crippen LogP contribution in [0.5, 0.6) is 5.75 Å². The van der Waals surface area contributed by atoms with Crippen LogP contribution in [0.15, 0.2) is 24.3 Å². The second-order valence-electron chi connectivity index (χ2n) is 1.59. The number of anilines is 1. The average Bonchev–Trinajstić information content (AvgIpc) is 1.77. The Morgan fingerprint density at radius 1 is 1.10 bits per heavy atom. The summed E-state index contributed by atoms with van der Waals surface area (Å²) in [4.78, 5) is 0. The van der Waals surface area contributed by atoms with E-state index in [9.17, 15) is 0 Å². The van der Waals surface area contributed by atoms with E-state index in [1.54, 1.807) is 24.3 Å². The molecule has 0 amide bonds. The van der Waals surface area contributed by atoms with Crippen molar-refractivity contribution in [1.29, 1.82) is 0 Å². The molecule has 0 aliphatic carbocycles. The average molecular weight is 149 g/mol. The van der Waals surface area contributed by atoms with Crippen LogP contribution in [0, 0.1) is 0 Å². The maximum Gasteiger partial charge on any atom is 1.00 e. The molecule has 3 nitrogen and oxygen atoms in total. The largest absolute Gasteiger partial charge is 1.00 e. The Kier molecular flexibility index (Phi) is 6.92. The number of rotatable bonds is 0. The molecular weight excluding hydrogens is 141 g/mol. The first-order chi connectivity index (χ1) is 3.79. The number of hydrogen-bond donors (Lipinski definition) is 2. The minimum Gasteiger partial charge on any atom is -0.870 e. The smallest absolute Gasteiger partial charge is 0.870 e. The number of hydrogen-bond acceptors (Lipinski definition) is 3. The summed E-state index contributed by atoms with van der Waals surface area (Å²) in [6.45, 7) is 0. The molecule has 4 heteroatoms. The van der Waals surface area contributed by atoms with Gasteiger partial charge in [-0.25, -0.2) is 0 Å². The zero-order chi connectivity index (χ0) is 5.98. The molecule has 1 aromatic rings. The van der Waals surface area contributed by atoms with E-state index in [2.05, 4.69) is 0 Å². The van der Waals surface area contributed by atoms with Crippen molar-refractivity contribution in [3.05, 3.63) is 24.3 Å². The van der Waals surface area contributed by atoms with Gasteiger partial charge in [-0.2, -0.15) is 0 Å². The molecule has 50 valence electrons. The number of phenolic OH excluding ortho intramolecular Hbond substituents is 1. The van der Waals surface area contributed by atoms with E-state index in [1.807, 2.05) is 0 Å². The summed E-state index contributed by atoms with van der Waals surface area (Å²) in [5.74, 6) is 0.249. The molecule has 0 atom stereocenters. The summed E-state index contributed by atoms with van der Waals surface area (Å²) in [6.07, 6.45) is 0. The predicted octanol–water partition coefficient (Wildman–Crippen LogP) is -2.20. The fourth-order valence-electron chi connectivity index (χ4n) is 0.474. The topological polar surface area (TPSA) is 76.2 Å². The maximum absolute atomic E-state index is 8.70.